The van der Waals surface area contributed by atoms with Crippen molar-refractivity contribution in [2.24, 2.45) is 0 Å². The SMILES string of the molecule is CC.Cc1[c-]cc(N2CCN(C(=O)OC(C)(C)C)CC2=O)cc1.[Y]. The van der Waals surface area contributed by atoms with Gasteiger partial charge in [0, 0.05) is 45.8 Å². The molecular weight excluding hydrogens is 381 g/mol. The quantitative estimate of drug-likeness (QED) is 0.670. The van der Waals surface area contributed by atoms with Crippen molar-refractivity contribution in [1.29, 1.82) is 0 Å². The summed E-state index contributed by atoms with van der Waals surface area (Å²) in [6.45, 7) is 12.4. The fraction of sp³-hybridized carbons (Fsp3) is 0.556. The summed E-state index contributed by atoms with van der Waals surface area (Å²) in [6.07, 6.45) is -0.439. The Hall–Kier alpha value is -0.936. The van der Waals surface area contributed by atoms with E-state index in [2.05, 4.69) is 6.07 Å². The van der Waals surface area contributed by atoms with Crippen molar-refractivity contribution >= 4 is 17.7 Å². The minimum Gasteiger partial charge on any atom is -0.444 e. The zero-order valence-corrected chi connectivity index (χ0v) is 18.4. The maximum Gasteiger partial charge on any atom is 0.410 e. The zero-order chi connectivity index (χ0) is 17.6. The first-order valence-electron chi connectivity index (χ1n) is 8.03. The van der Waals surface area contributed by atoms with E-state index in [-0.39, 0.29) is 45.2 Å². The van der Waals surface area contributed by atoms with E-state index in [9.17, 15) is 9.59 Å². The summed E-state index contributed by atoms with van der Waals surface area (Å²) in [4.78, 5) is 27.3. The molecule has 1 aromatic rings. The van der Waals surface area contributed by atoms with Crippen molar-refractivity contribution in [3.05, 3.63) is 29.8 Å². The Morgan fingerprint density at radius 3 is 2.29 bits per heavy atom. The topological polar surface area (TPSA) is 49.9 Å². The van der Waals surface area contributed by atoms with Gasteiger partial charge in [0.2, 0.25) is 5.91 Å². The van der Waals surface area contributed by atoms with Crippen molar-refractivity contribution in [2.45, 2.75) is 47.1 Å². The van der Waals surface area contributed by atoms with Crippen LogP contribution in [-0.4, -0.2) is 42.1 Å². The Kier molecular flexibility index (Phi) is 9.75. The van der Waals surface area contributed by atoms with Crippen molar-refractivity contribution < 1.29 is 47.0 Å². The Morgan fingerprint density at radius 2 is 1.83 bits per heavy atom. The van der Waals surface area contributed by atoms with E-state index in [0.717, 1.165) is 11.3 Å². The van der Waals surface area contributed by atoms with Gasteiger partial charge in [-0.15, -0.1) is 6.07 Å². The smallest absolute Gasteiger partial charge is 0.410 e. The number of hydrogen-bond donors (Lipinski definition) is 0. The molecule has 1 fully saturated rings. The van der Waals surface area contributed by atoms with E-state index in [4.69, 9.17) is 4.74 Å². The third kappa shape index (κ3) is 6.90. The van der Waals surface area contributed by atoms with E-state index in [0.29, 0.717) is 13.1 Å². The first-order valence-corrected chi connectivity index (χ1v) is 8.03. The van der Waals surface area contributed by atoms with Gasteiger partial charge in [-0.1, -0.05) is 26.5 Å². The second kappa shape index (κ2) is 10.1. The van der Waals surface area contributed by atoms with Gasteiger partial charge in [-0.05, 0) is 20.8 Å². The van der Waals surface area contributed by atoms with Crippen LogP contribution in [0.3, 0.4) is 0 Å². The molecule has 1 saturated heterocycles. The molecule has 1 aliphatic heterocycles. The van der Waals surface area contributed by atoms with Crippen LogP contribution in [0.4, 0.5) is 10.5 Å². The normalized spacial score (nSPS) is 14.3. The largest absolute Gasteiger partial charge is 0.444 e. The Bertz CT molecular complexity index is 538. The molecule has 2 rings (SSSR count). The number of piperazine rings is 1. The van der Waals surface area contributed by atoms with Crippen LogP contribution in [-0.2, 0) is 42.2 Å². The van der Waals surface area contributed by atoms with E-state index in [1.807, 2.05) is 53.7 Å². The third-order valence-corrected chi connectivity index (χ3v) is 3.14. The number of anilines is 1. The number of carbonyl (C=O) groups is 2. The molecule has 1 aliphatic rings. The summed E-state index contributed by atoms with van der Waals surface area (Å²) in [5.74, 6) is -0.107. The van der Waals surface area contributed by atoms with Gasteiger partial charge < -0.3 is 9.64 Å². The van der Waals surface area contributed by atoms with Crippen LogP contribution >= 0.6 is 0 Å². The Labute approximate surface area is 170 Å². The second-order valence-electron chi connectivity index (χ2n) is 6.18. The van der Waals surface area contributed by atoms with Gasteiger partial charge in [0.1, 0.15) is 12.1 Å². The van der Waals surface area contributed by atoms with Gasteiger partial charge in [0.05, 0.1) is 0 Å². The van der Waals surface area contributed by atoms with Gasteiger partial charge in [-0.25, -0.2) is 4.79 Å². The van der Waals surface area contributed by atoms with Gasteiger partial charge in [0.25, 0.3) is 0 Å². The molecule has 6 heteroatoms. The molecule has 0 N–H and O–H groups in total. The van der Waals surface area contributed by atoms with E-state index < -0.39 is 11.7 Å². The summed E-state index contributed by atoms with van der Waals surface area (Å²) in [6, 6.07) is 8.70. The molecule has 131 valence electrons. The van der Waals surface area contributed by atoms with E-state index in [1.54, 1.807) is 11.0 Å². The summed E-state index contributed by atoms with van der Waals surface area (Å²) in [5, 5.41) is 0. The summed E-state index contributed by atoms with van der Waals surface area (Å²) >= 11 is 0. The van der Waals surface area contributed by atoms with Crippen LogP contribution in [0.25, 0.3) is 0 Å². The maximum absolute atomic E-state index is 12.2. The second-order valence-corrected chi connectivity index (χ2v) is 6.18. The van der Waals surface area contributed by atoms with Crippen molar-refractivity contribution in [2.75, 3.05) is 24.5 Å². The van der Waals surface area contributed by atoms with Crippen LogP contribution in [0.15, 0.2) is 18.2 Å². The summed E-state index contributed by atoms with van der Waals surface area (Å²) < 4.78 is 5.29. The molecule has 1 aromatic carbocycles. The number of amides is 2. The van der Waals surface area contributed by atoms with E-state index in [1.165, 1.54) is 4.90 Å². The number of carbonyl (C=O) groups excluding carboxylic acids is 2. The molecule has 0 spiro atoms. The Balaban J connectivity index is 0.00000170. The van der Waals surface area contributed by atoms with E-state index >= 15 is 0 Å². The average molecular weight is 408 g/mol. The van der Waals surface area contributed by atoms with Crippen LogP contribution < -0.4 is 4.90 Å². The minimum absolute atomic E-state index is 0. The zero-order valence-electron chi connectivity index (χ0n) is 15.5. The predicted octanol–water partition coefficient (Wildman–Crippen LogP) is 3.40. The molecule has 1 radical (unpaired) electrons. The van der Waals surface area contributed by atoms with Crippen molar-refractivity contribution in [1.82, 2.24) is 4.90 Å². The molecule has 24 heavy (non-hydrogen) atoms. The first kappa shape index (κ1) is 23.1. The number of benzene rings is 1. The first-order chi connectivity index (χ1) is 10.8. The number of ether oxygens (including phenoxy) is 1. The summed E-state index contributed by atoms with van der Waals surface area (Å²) in [5.41, 5.74) is 1.29. The van der Waals surface area contributed by atoms with Crippen molar-refractivity contribution in [3.63, 3.8) is 0 Å². The van der Waals surface area contributed by atoms with Gasteiger partial charge >= 0.3 is 6.09 Å². The molecule has 0 aromatic heterocycles. The summed E-state index contributed by atoms with van der Waals surface area (Å²) in [7, 11) is 0. The molecular formula is C18H27N2O3Y-. The average Bonchev–Trinajstić information content (AvgIpc) is 2.48. The molecule has 1 heterocycles. The predicted molar refractivity (Wildman–Crippen MR) is 91.5 cm³/mol. The molecule has 0 saturated carbocycles. The third-order valence-electron chi connectivity index (χ3n) is 3.14. The van der Waals surface area contributed by atoms with Crippen LogP contribution in [0.1, 0.15) is 40.2 Å². The van der Waals surface area contributed by atoms with Crippen LogP contribution in [0.2, 0.25) is 0 Å². The molecule has 0 bridgehead atoms. The number of aryl methyl sites for hydroxylation is 1. The van der Waals surface area contributed by atoms with Crippen LogP contribution in [0.5, 0.6) is 0 Å². The minimum atomic E-state index is -0.552. The molecule has 0 aliphatic carbocycles. The monoisotopic (exact) mass is 408 g/mol. The fourth-order valence-electron chi connectivity index (χ4n) is 2.09. The molecule has 2 amide bonds. The molecule has 0 atom stereocenters. The number of rotatable bonds is 1. The van der Waals surface area contributed by atoms with Crippen molar-refractivity contribution in [3.8, 4) is 0 Å². The molecule has 5 nitrogen and oxygen atoms in total. The van der Waals surface area contributed by atoms with Crippen LogP contribution in [0, 0.1) is 13.0 Å². The number of nitrogens with zero attached hydrogens (tertiary/aromatic N) is 2. The maximum atomic E-state index is 12.2. The van der Waals surface area contributed by atoms with Gasteiger partial charge in [-0.3, -0.25) is 9.69 Å². The number of hydrogen-bond acceptors (Lipinski definition) is 3. The van der Waals surface area contributed by atoms with Gasteiger partial charge in [-0.2, -0.15) is 23.8 Å². The molecule has 0 unspecified atom stereocenters. The fourth-order valence-corrected chi connectivity index (χ4v) is 2.09. The van der Waals surface area contributed by atoms with Gasteiger partial charge in [0.15, 0.2) is 0 Å². The standard InChI is InChI=1S/C16H21N2O3.C2H6.Y/c1-12-5-7-13(8-6-12)18-10-9-17(11-14(18)19)15(20)21-16(2,3)4;1-2;/h5,7-8H,9-11H2,1-4H3;1-2H3;/q-1;;. The Morgan fingerprint density at radius 1 is 1.21 bits per heavy atom.